The van der Waals surface area contributed by atoms with Gasteiger partial charge in [0.15, 0.2) is 0 Å². The molecule has 0 aromatic carbocycles. The van der Waals surface area contributed by atoms with Crippen LogP contribution in [-0.4, -0.2) is 56.1 Å². The number of nitrogens with one attached hydrogen (secondary N) is 2. The molecule has 1 saturated heterocycles. The van der Waals surface area contributed by atoms with Crippen LogP contribution in [0.25, 0.3) is 0 Å². The zero-order valence-corrected chi connectivity index (χ0v) is 15.5. The molecule has 0 unspecified atom stereocenters. The lowest BCUT2D eigenvalue weighted by molar-refractivity contribution is -0.919. The van der Waals surface area contributed by atoms with Crippen LogP contribution in [0.4, 0.5) is 0 Å². The van der Waals surface area contributed by atoms with Crippen LogP contribution in [0.5, 0.6) is 0 Å². The highest BCUT2D eigenvalue weighted by Gasteiger charge is 2.35. The minimum Gasteiger partial charge on any atom is -0.469 e. The maximum absolute atomic E-state index is 12.9. The van der Waals surface area contributed by atoms with E-state index in [1.54, 1.807) is 13.8 Å². The first kappa shape index (κ1) is 19.2. The fourth-order valence-corrected chi connectivity index (χ4v) is 3.63. The van der Waals surface area contributed by atoms with E-state index in [9.17, 15) is 14.4 Å². The molecule has 1 fully saturated rings. The van der Waals surface area contributed by atoms with Crippen LogP contribution in [0.15, 0.2) is 0 Å². The van der Waals surface area contributed by atoms with Crippen molar-refractivity contribution in [2.45, 2.75) is 39.7 Å². The SMILES string of the molecule is COC(=O)c1c(C)[nH]c(C(=O)[C@H](C)[NH+]2CCC(C(=O)OC)CC2)c1C. The molecule has 2 heterocycles. The van der Waals surface area contributed by atoms with E-state index < -0.39 is 5.97 Å². The van der Waals surface area contributed by atoms with Gasteiger partial charge in [0.2, 0.25) is 5.78 Å². The number of ether oxygens (including phenoxy) is 2. The number of ketones is 1. The van der Waals surface area contributed by atoms with E-state index in [0.717, 1.165) is 30.8 Å². The number of quaternary nitrogens is 1. The fraction of sp³-hybridized carbons (Fsp3) is 0.611. The Balaban J connectivity index is 2.11. The highest BCUT2D eigenvalue weighted by atomic mass is 16.5. The summed E-state index contributed by atoms with van der Waals surface area (Å²) in [5.41, 5.74) is 2.16. The average Bonchev–Trinajstić information content (AvgIpc) is 2.93. The van der Waals surface area contributed by atoms with Gasteiger partial charge in [-0.25, -0.2) is 4.79 Å². The summed E-state index contributed by atoms with van der Waals surface area (Å²) in [6.07, 6.45) is 1.44. The van der Waals surface area contributed by atoms with Gasteiger partial charge in [0.25, 0.3) is 0 Å². The van der Waals surface area contributed by atoms with Crippen LogP contribution in [0.2, 0.25) is 0 Å². The Kier molecular flexibility index (Phi) is 6.00. The summed E-state index contributed by atoms with van der Waals surface area (Å²) in [5.74, 6) is -0.709. The van der Waals surface area contributed by atoms with Gasteiger partial charge in [-0.3, -0.25) is 9.59 Å². The van der Waals surface area contributed by atoms with Gasteiger partial charge >= 0.3 is 11.9 Å². The summed E-state index contributed by atoms with van der Waals surface area (Å²) < 4.78 is 9.60. The van der Waals surface area contributed by atoms with Gasteiger partial charge in [-0.05, 0) is 26.3 Å². The molecule has 138 valence electrons. The van der Waals surface area contributed by atoms with Crippen LogP contribution in [0.1, 0.15) is 51.9 Å². The van der Waals surface area contributed by atoms with Crippen molar-refractivity contribution in [3.05, 3.63) is 22.5 Å². The van der Waals surface area contributed by atoms with Gasteiger partial charge in [0.05, 0.1) is 44.5 Å². The van der Waals surface area contributed by atoms with Gasteiger partial charge in [-0.1, -0.05) is 0 Å². The lowest BCUT2D eigenvalue weighted by Gasteiger charge is -2.31. The number of carbonyl (C=O) groups excluding carboxylic acids is 3. The minimum atomic E-state index is -0.441. The molecular formula is C18H27N2O5+. The Morgan fingerprint density at radius 3 is 2.24 bits per heavy atom. The van der Waals surface area contributed by atoms with E-state index in [2.05, 4.69) is 4.98 Å². The number of H-pyrrole nitrogens is 1. The van der Waals surface area contributed by atoms with Crippen molar-refractivity contribution in [3.8, 4) is 0 Å². The normalized spacial score (nSPS) is 21.5. The van der Waals surface area contributed by atoms with Crippen molar-refractivity contribution in [3.63, 3.8) is 0 Å². The summed E-state index contributed by atoms with van der Waals surface area (Å²) in [4.78, 5) is 40.6. The number of aromatic amines is 1. The van der Waals surface area contributed by atoms with Crippen molar-refractivity contribution < 1.29 is 28.8 Å². The second-order valence-corrected chi connectivity index (χ2v) is 6.66. The molecule has 1 aliphatic heterocycles. The third-order valence-corrected chi connectivity index (χ3v) is 5.24. The number of methoxy groups -OCH3 is 2. The lowest BCUT2D eigenvalue weighted by atomic mass is 9.94. The Hall–Kier alpha value is -2.15. The molecule has 1 aliphatic rings. The standard InChI is InChI=1S/C18H26N2O5/c1-10-14(18(23)25-5)11(2)19-15(10)16(21)12(3)20-8-6-13(7-9-20)17(22)24-4/h12-13,19H,6-9H2,1-5H3/p+1/t12-/m0/s1. The number of hydrogen-bond donors (Lipinski definition) is 2. The van der Waals surface area contributed by atoms with E-state index in [4.69, 9.17) is 9.47 Å². The molecule has 0 aliphatic carbocycles. The van der Waals surface area contributed by atoms with E-state index in [1.165, 1.54) is 14.2 Å². The second kappa shape index (κ2) is 7.82. The molecule has 1 atom stereocenters. The first-order valence-corrected chi connectivity index (χ1v) is 8.55. The molecule has 0 radical (unpaired) electrons. The number of hydrogen-bond acceptors (Lipinski definition) is 5. The Morgan fingerprint density at radius 1 is 1.12 bits per heavy atom. The van der Waals surface area contributed by atoms with Crippen LogP contribution >= 0.6 is 0 Å². The number of Topliss-reactive ketones (excluding diaryl/α,β-unsaturated/α-hetero) is 1. The van der Waals surface area contributed by atoms with Gasteiger partial charge < -0.3 is 19.4 Å². The van der Waals surface area contributed by atoms with Crippen LogP contribution < -0.4 is 4.90 Å². The average molecular weight is 351 g/mol. The number of piperidine rings is 1. The first-order valence-electron chi connectivity index (χ1n) is 8.55. The molecule has 0 saturated carbocycles. The molecule has 1 aromatic heterocycles. The molecule has 1 aromatic rings. The predicted molar refractivity (Wildman–Crippen MR) is 90.8 cm³/mol. The second-order valence-electron chi connectivity index (χ2n) is 6.66. The number of rotatable bonds is 5. The molecule has 0 spiro atoms. The molecule has 7 nitrogen and oxygen atoms in total. The Labute approximate surface area is 147 Å². The maximum atomic E-state index is 12.9. The van der Waals surface area contributed by atoms with Crippen molar-refractivity contribution in [2.75, 3.05) is 27.3 Å². The summed E-state index contributed by atoms with van der Waals surface area (Å²) in [7, 11) is 2.73. The predicted octanol–water partition coefficient (Wildman–Crippen LogP) is 0.457. The molecule has 2 N–H and O–H groups in total. The third kappa shape index (κ3) is 3.76. The number of likely N-dealkylation sites (tertiary alicyclic amines) is 1. The smallest absolute Gasteiger partial charge is 0.339 e. The quantitative estimate of drug-likeness (QED) is 0.594. The lowest BCUT2D eigenvalue weighted by Crippen LogP contribution is -3.17. The topological polar surface area (TPSA) is 89.9 Å². The highest BCUT2D eigenvalue weighted by molar-refractivity contribution is 6.03. The molecule has 0 amide bonds. The van der Waals surface area contributed by atoms with E-state index >= 15 is 0 Å². The summed E-state index contributed by atoms with van der Waals surface area (Å²) in [5, 5.41) is 0. The molecule has 2 rings (SSSR count). The van der Waals surface area contributed by atoms with Gasteiger partial charge in [0.1, 0.15) is 6.04 Å². The monoisotopic (exact) mass is 351 g/mol. The van der Waals surface area contributed by atoms with E-state index in [-0.39, 0.29) is 23.7 Å². The third-order valence-electron chi connectivity index (χ3n) is 5.24. The molecule has 0 bridgehead atoms. The molecular weight excluding hydrogens is 324 g/mol. The zero-order valence-electron chi connectivity index (χ0n) is 15.5. The maximum Gasteiger partial charge on any atom is 0.339 e. The van der Waals surface area contributed by atoms with Crippen LogP contribution in [-0.2, 0) is 14.3 Å². The minimum absolute atomic E-state index is 0.0257. The van der Waals surface area contributed by atoms with Crippen LogP contribution in [0, 0.1) is 19.8 Å². The zero-order chi connectivity index (χ0) is 18.7. The summed E-state index contributed by atoms with van der Waals surface area (Å²) in [6.45, 7) is 6.90. The Morgan fingerprint density at radius 2 is 1.72 bits per heavy atom. The van der Waals surface area contributed by atoms with Crippen molar-refractivity contribution in [1.29, 1.82) is 0 Å². The van der Waals surface area contributed by atoms with Gasteiger partial charge in [-0.2, -0.15) is 0 Å². The van der Waals surface area contributed by atoms with E-state index in [0.29, 0.717) is 22.5 Å². The first-order chi connectivity index (χ1) is 11.8. The van der Waals surface area contributed by atoms with E-state index in [1.807, 2.05) is 6.92 Å². The number of aryl methyl sites for hydroxylation is 1. The fourth-order valence-electron chi connectivity index (χ4n) is 3.63. The number of carbonyl (C=O) groups is 3. The molecule has 25 heavy (non-hydrogen) atoms. The number of esters is 2. The number of aromatic nitrogens is 1. The molecule has 7 heteroatoms. The largest absolute Gasteiger partial charge is 0.469 e. The van der Waals surface area contributed by atoms with Gasteiger partial charge in [0, 0.05) is 18.5 Å². The summed E-state index contributed by atoms with van der Waals surface area (Å²) in [6, 6.07) is -0.249. The summed E-state index contributed by atoms with van der Waals surface area (Å²) >= 11 is 0. The van der Waals surface area contributed by atoms with Crippen LogP contribution in [0.3, 0.4) is 0 Å². The Bertz CT molecular complexity index is 671. The van der Waals surface area contributed by atoms with Crippen molar-refractivity contribution in [2.24, 2.45) is 5.92 Å². The highest BCUT2D eigenvalue weighted by Crippen LogP contribution is 2.20. The van der Waals surface area contributed by atoms with Gasteiger partial charge in [-0.15, -0.1) is 0 Å². The van der Waals surface area contributed by atoms with Crippen molar-refractivity contribution in [1.82, 2.24) is 4.98 Å². The van der Waals surface area contributed by atoms with Crippen molar-refractivity contribution >= 4 is 17.7 Å².